The van der Waals surface area contributed by atoms with E-state index in [1.165, 1.54) is 37.4 Å². The molecule has 0 aromatic rings. The molecule has 2 aliphatic rings. The van der Waals surface area contributed by atoms with Gasteiger partial charge in [0.15, 0.2) is 0 Å². The predicted molar refractivity (Wildman–Crippen MR) is 52.5 cm³/mol. The van der Waals surface area contributed by atoms with Gasteiger partial charge in [0.25, 0.3) is 0 Å². The van der Waals surface area contributed by atoms with E-state index < -0.39 is 14.5 Å². The summed E-state index contributed by atoms with van der Waals surface area (Å²) in [6, 6.07) is 0. The normalized spacial score (nSPS) is 37.2. The largest absolute Gasteiger partial charge is 0.500 e. The van der Waals surface area contributed by atoms with Crippen LogP contribution in [0.5, 0.6) is 0 Å². The lowest BCUT2D eigenvalue weighted by Crippen LogP contribution is -2.30. The van der Waals surface area contributed by atoms with Gasteiger partial charge in [-0.05, 0) is 6.42 Å². The molecule has 0 aromatic heterocycles. The fraction of sp³-hybridized carbons (Fsp3) is 1.00. The second-order valence-corrected chi connectivity index (χ2v) is 7.32. The Morgan fingerprint density at radius 2 is 2.08 bits per heavy atom. The van der Waals surface area contributed by atoms with Crippen molar-refractivity contribution in [3.63, 3.8) is 0 Å². The van der Waals surface area contributed by atoms with Crippen molar-refractivity contribution in [2.45, 2.75) is 49.1 Å². The minimum atomic E-state index is -0.736. The molecule has 1 saturated heterocycles. The zero-order chi connectivity index (χ0) is 8.39. The van der Waals surface area contributed by atoms with Gasteiger partial charge in [-0.3, -0.25) is 0 Å². The van der Waals surface area contributed by atoms with Gasteiger partial charge in [0.2, 0.25) is 0 Å². The Hall–Kier alpha value is 0.492. The zero-order valence-corrected chi connectivity index (χ0v) is 9.24. The topological polar surface area (TPSA) is 9.23 Å². The van der Waals surface area contributed by atoms with Crippen LogP contribution in [0.3, 0.4) is 0 Å². The van der Waals surface area contributed by atoms with Gasteiger partial charge in [0, 0.05) is 6.61 Å². The van der Waals surface area contributed by atoms with Crippen molar-refractivity contribution in [3.8, 4) is 0 Å². The summed E-state index contributed by atoms with van der Waals surface area (Å²) in [7, 11) is 0. The summed E-state index contributed by atoms with van der Waals surface area (Å²) < 4.78 is 7.00. The molecule has 0 spiro atoms. The van der Waals surface area contributed by atoms with E-state index in [0.717, 1.165) is 17.3 Å². The third-order valence-corrected chi connectivity index (χ3v) is 7.21. The first-order valence-electron chi connectivity index (χ1n) is 5.49. The molecule has 0 amide bonds. The van der Waals surface area contributed by atoms with Crippen LogP contribution >= 0.6 is 0 Å². The number of hydrogen-bond donors (Lipinski definition) is 0. The van der Waals surface area contributed by atoms with Gasteiger partial charge in [0.1, 0.15) is 0 Å². The Morgan fingerprint density at radius 1 is 1.17 bits per heavy atom. The molecule has 0 bridgehead atoms. The molecule has 0 radical (unpaired) electrons. The van der Waals surface area contributed by atoms with Crippen molar-refractivity contribution < 1.29 is 3.79 Å². The molecule has 2 fully saturated rings. The van der Waals surface area contributed by atoms with E-state index in [0.29, 0.717) is 0 Å². The zero-order valence-electron chi connectivity index (χ0n) is 8.09. The van der Waals surface area contributed by atoms with Crippen molar-refractivity contribution in [2.75, 3.05) is 6.61 Å². The van der Waals surface area contributed by atoms with Gasteiger partial charge in [-0.2, -0.15) is 0 Å². The van der Waals surface area contributed by atoms with Gasteiger partial charge in [-0.15, -0.1) is 0 Å². The summed E-state index contributed by atoms with van der Waals surface area (Å²) >= 11 is -0.736. The predicted octanol–water partition coefficient (Wildman–Crippen LogP) is 2.98. The van der Waals surface area contributed by atoms with E-state index in [9.17, 15) is 0 Å². The van der Waals surface area contributed by atoms with Crippen molar-refractivity contribution in [1.29, 1.82) is 0 Å². The lowest BCUT2D eigenvalue weighted by atomic mass is 10.1. The maximum Gasteiger partial charge on any atom is 0.464 e. The molecular formula is C10H19AlO. The first kappa shape index (κ1) is 9.06. The smallest absolute Gasteiger partial charge is 0.464 e. The fourth-order valence-electron chi connectivity index (χ4n) is 2.83. The molecule has 1 heterocycles. The van der Waals surface area contributed by atoms with Crippen molar-refractivity contribution in [1.82, 2.24) is 0 Å². The van der Waals surface area contributed by atoms with E-state index in [-0.39, 0.29) is 0 Å². The van der Waals surface area contributed by atoms with Crippen LogP contribution in [0.15, 0.2) is 0 Å². The quantitative estimate of drug-likeness (QED) is 0.566. The van der Waals surface area contributed by atoms with Crippen LogP contribution < -0.4 is 0 Å². The molecule has 2 atom stereocenters. The Balaban J connectivity index is 1.89. The van der Waals surface area contributed by atoms with Gasteiger partial charge >= 0.3 is 14.5 Å². The molecule has 1 nitrogen and oxygen atoms in total. The average molecular weight is 182 g/mol. The van der Waals surface area contributed by atoms with E-state index in [4.69, 9.17) is 3.79 Å². The third-order valence-electron chi connectivity index (χ3n) is 3.62. The van der Waals surface area contributed by atoms with Crippen molar-refractivity contribution in [3.05, 3.63) is 0 Å². The van der Waals surface area contributed by atoms with Gasteiger partial charge < -0.3 is 3.79 Å². The third kappa shape index (κ3) is 1.87. The molecular weight excluding hydrogens is 163 g/mol. The summed E-state index contributed by atoms with van der Waals surface area (Å²) in [5.74, 6) is 0.986. The summed E-state index contributed by atoms with van der Waals surface area (Å²) in [6.45, 7) is 3.52. The molecule has 0 N–H and O–H groups in total. The Bertz CT molecular complexity index is 143. The highest BCUT2D eigenvalue weighted by atomic mass is 27.2. The highest BCUT2D eigenvalue weighted by Gasteiger charge is 2.38. The van der Waals surface area contributed by atoms with Crippen LogP contribution in [0.1, 0.15) is 39.0 Å². The maximum atomic E-state index is 5.97. The number of hydrogen-bond acceptors (Lipinski definition) is 1. The highest BCUT2D eigenvalue weighted by molar-refractivity contribution is 6.54. The molecule has 68 valence electrons. The molecule has 12 heavy (non-hydrogen) atoms. The van der Waals surface area contributed by atoms with Gasteiger partial charge in [-0.1, -0.05) is 48.6 Å². The minimum absolute atomic E-state index is 0.736. The lowest BCUT2D eigenvalue weighted by Gasteiger charge is -2.25. The average Bonchev–Trinajstić information content (AvgIpc) is 2.53. The molecule has 1 aliphatic carbocycles. The summed E-state index contributed by atoms with van der Waals surface area (Å²) in [6.07, 6.45) is 7.21. The van der Waals surface area contributed by atoms with E-state index in [1.807, 2.05) is 0 Å². The van der Waals surface area contributed by atoms with Gasteiger partial charge in [-0.25, -0.2) is 0 Å². The standard InChI is InChI=1S/C6H11.C4H8O.Al/c1-6-4-2-3-5-6;1-2-3-4-5;/h4,6H,2-3,5H2,1H3;1-4H2;/q;-1;+1. The lowest BCUT2D eigenvalue weighted by molar-refractivity contribution is 0.274. The van der Waals surface area contributed by atoms with Crippen LogP contribution in [0.2, 0.25) is 10.1 Å². The van der Waals surface area contributed by atoms with E-state index >= 15 is 0 Å². The first-order chi connectivity index (χ1) is 5.88. The first-order valence-corrected chi connectivity index (χ1v) is 7.45. The summed E-state index contributed by atoms with van der Waals surface area (Å²) in [5, 5.41) is 1.47. The second kappa shape index (κ2) is 4.13. The highest BCUT2D eigenvalue weighted by Crippen LogP contribution is 2.40. The maximum absolute atomic E-state index is 5.97. The Kier molecular flexibility index (Phi) is 3.12. The second-order valence-electron chi connectivity index (χ2n) is 4.48. The Morgan fingerprint density at radius 3 is 2.67 bits per heavy atom. The molecule has 2 unspecified atom stereocenters. The number of rotatable bonds is 1. The van der Waals surface area contributed by atoms with Crippen LogP contribution in [0.4, 0.5) is 0 Å². The molecule has 1 saturated carbocycles. The van der Waals surface area contributed by atoms with Crippen LogP contribution in [-0.2, 0) is 3.79 Å². The SMILES string of the molecule is CC1CCC[CH]1[Al]1[CH2]CCC[O]1. The van der Waals surface area contributed by atoms with E-state index in [2.05, 4.69) is 6.92 Å². The molecule has 0 aromatic carbocycles. The molecule has 2 rings (SSSR count). The van der Waals surface area contributed by atoms with Crippen molar-refractivity contribution >= 4 is 14.5 Å². The van der Waals surface area contributed by atoms with Crippen molar-refractivity contribution in [2.24, 2.45) is 5.92 Å². The van der Waals surface area contributed by atoms with Crippen LogP contribution in [0, 0.1) is 5.92 Å². The Labute approximate surface area is 80.2 Å². The fourth-order valence-corrected chi connectivity index (χ4v) is 6.37. The van der Waals surface area contributed by atoms with Gasteiger partial charge in [0.05, 0.1) is 0 Å². The van der Waals surface area contributed by atoms with E-state index in [1.54, 1.807) is 0 Å². The monoisotopic (exact) mass is 182 g/mol. The summed E-state index contributed by atoms with van der Waals surface area (Å²) in [5.41, 5.74) is 0. The summed E-state index contributed by atoms with van der Waals surface area (Å²) in [4.78, 5) is 0. The van der Waals surface area contributed by atoms with Crippen LogP contribution in [-0.4, -0.2) is 21.1 Å². The molecule has 2 heteroatoms. The molecule has 1 aliphatic heterocycles. The minimum Gasteiger partial charge on any atom is -0.500 e. The van der Waals surface area contributed by atoms with Crippen LogP contribution in [0.25, 0.3) is 0 Å².